The third-order valence-corrected chi connectivity index (χ3v) is 8.21. The summed E-state index contributed by atoms with van der Waals surface area (Å²) in [5, 5.41) is 4.82. The zero-order chi connectivity index (χ0) is 35.7. The van der Waals surface area contributed by atoms with E-state index in [2.05, 4.69) is 99.6 Å². The Hall–Kier alpha value is -2.67. The second kappa shape index (κ2) is 28.4. The van der Waals surface area contributed by atoms with Crippen LogP contribution < -0.4 is 11.2 Å². The van der Waals surface area contributed by atoms with E-state index in [1.165, 1.54) is 115 Å². The van der Waals surface area contributed by atoms with E-state index in [1.807, 2.05) is 13.8 Å². The van der Waals surface area contributed by atoms with Gasteiger partial charge in [0, 0.05) is 22.8 Å². The molecule has 2 aromatic rings. The fourth-order valence-electron chi connectivity index (χ4n) is 6.06. The van der Waals surface area contributed by atoms with Crippen LogP contribution in [-0.4, -0.2) is 36.4 Å². The van der Waals surface area contributed by atoms with E-state index in [0.29, 0.717) is 0 Å². The Bertz CT molecular complexity index is 1110. The average molecular weight is 692 g/mol. The molecule has 0 aliphatic rings. The molecule has 0 atom stereocenters. The number of benzene rings is 2. The molecule has 0 fully saturated rings. The topological polar surface area (TPSA) is 105 Å². The van der Waals surface area contributed by atoms with Crippen molar-refractivity contribution in [3.63, 3.8) is 0 Å². The normalized spacial score (nSPS) is 11.1. The van der Waals surface area contributed by atoms with Gasteiger partial charge in [-0.15, -0.1) is 15.5 Å². The summed E-state index contributed by atoms with van der Waals surface area (Å²) < 4.78 is 1.42. The van der Waals surface area contributed by atoms with Crippen molar-refractivity contribution in [3.05, 3.63) is 84.6 Å². The molecule has 8 heteroatoms. The van der Waals surface area contributed by atoms with Crippen LogP contribution >= 0.6 is 0 Å². The summed E-state index contributed by atoms with van der Waals surface area (Å²) in [7, 11) is 0. The number of unbranched alkanes of at least 4 members (excludes halogenated alkanes) is 4. The number of hydrogen-bond donors (Lipinski definition) is 0. The van der Waals surface area contributed by atoms with Crippen molar-refractivity contribution < 1.29 is 21.6 Å². The fraction of sp³-hybridized carbons (Fsp3) is 0.615. The molecule has 0 aromatic heterocycles. The van der Waals surface area contributed by atoms with Crippen LogP contribution in [0.25, 0.3) is 5.32 Å². The van der Waals surface area contributed by atoms with Crippen molar-refractivity contribution in [1.29, 1.82) is 0 Å². The number of aliphatic imine (C=N–C) groups is 1. The molecule has 2 rings (SSSR count). The van der Waals surface area contributed by atoms with Crippen LogP contribution in [0.5, 0.6) is 0 Å². The number of quaternary nitrogens is 1. The Balaban J connectivity index is -0.000000774. The smallest absolute Gasteiger partial charge is 0.120 e. The van der Waals surface area contributed by atoms with E-state index in [-0.39, 0.29) is 17.1 Å². The Morgan fingerprint density at radius 3 is 1.28 bits per heavy atom. The van der Waals surface area contributed by atoms with Crippen LogP contribution in [-0.2, 0) is 17.1 Å². The Labute approximate surface area is 299 Å². The summed E-state index contributed by atoms with van der Waals surface area (Å²) in [5.41, 5.74) is 23.0. The zero-order valence-electron chi connectivity index (χ0n) is 31.8. The molecular weight excluding hydrogens is 626 g/mol. The van der Waals surface area contributed by atoms with Crippen LogP contribution in [0.1, 0.15) is 126 Å². The maximum atomic E-state index is 7.25. The first-order valence-electron chi connectivity index (χ1n) is 17.2. The van der Waals surface area contributed by atoms with Gasteiger partial charge in [0.25, 0.3) is 0 Å². The Morgan fingerprint density at radius 2 is 0.957 bits per heavy atom. The van der Waals surface area contributed by atoms with Crippen molar-refractivity contribution >= 4 is 17.1 Å². The third-order valence-electron chi connectivity index (χ3n) is 8.21. The minimum Gasteiger partial charge on any atom is -0.661 e. The fourth-order valence-corrected chi connectivity index (χ4v) is 6.06. The maximum Gasteiger partial charge on any atom is 0.120 e. The standard InChI is InChI=1S/C23H29N2.C16H36N.Fe.2NO/c1-14-9-16(3)22(17(4)10-14)24-20(7)13-21(8)25-23-18(5)11-15(2)12-19(23)6;1-5-9-13-17(14-10-6-2,15-11-7-3)16-12-8-4;;2*1-2/h9-13H,1-8H3;5-16H2,1-4H3;;;/q-1;+1;;;/b20-13-,25-21?;;;;. The molecule has 2 aromatic carbocycles. The van der Waals surface area contributed by atoms with Gasteiger partial charge < -0.3 is 9.80 Å². The van der Waals surface area contributed by atoms with Crippen molar-refractivity contribution in [1.82, 2.24) is 11.2 Å². The minimum atomic E-state index is 0. The molecule has 0 N–H and O–H groups in total. The summed E-state index contributed by atoms with van der Waals surface area (Å²) in [6, 6.07) is 8.72. The molecule has 2 radical (unpaired) electrons. The molecule has 0 amide bonds. The largest absolute Gasteiger partial charge is 0.661 e. The van der Waals surface area contributed by atoms with Crippen LogP contribution in [0.15, 0.2) is 41.0 Å². The first kappa shape index (κ1) is 48.7. The molecule has 0 saturated heterocycles. The van der Waals surface area contributed by atoms with Gasteiger partial charge >= 0.3 is 0 Å². The van der Waals surface area contributed by atoms with E-state index < -0.39 is 0 Å². The van der Waals surface area contributed by atoms with Crippen LogP contribution in [0, 0.1) is 51.4 Å². The molecule has 0 aliphatic carbocycles. The van der Waals surface area contributed by atoms with E-state index in [1.54, 1.807) is 0 Å². The zero-order valence-corrected chi connectivity index (χ0v) is 32.9. The van der Waals surface area contributed by atoms with Crippen molar-refractivity contribution in [2.24, 2.45) is 4.99 Å². The SMILES string of the molecule is CC(/C=C(/C)[N-]c1c(C)cc(C)cc1C)=Nc1c(C)cc(C)cc1C.CCCC[N+](CCCC)(CCCC)CCCC.[Fe].[N]=O.[N]=O. The molecule has 0 saturated carbocycles. The van der Waals surface area contributed by atoms with Gasteiger partial charge in [-0.25, -0.2) is 0 Å². The van der Waals surface area contributed by atoms with Gasteiger partial charge in [-0.05, 0) is 85.3 Å². The first-order chi connectivity index (χ1) is 21.9. The maximum absolute atomic E-state index is 7.25. The van der Waals surface area contributed by atoms with Gasteiger partial charge in [0.2, 0.25) is 0 Å². The van der Waals surface area contributed by atoms with Gasteiger partial charge in [-0.1, -0.05) is 113 Å². The Morgan fingerprint density at radius 1 is 0.638 bits per heavy atom. The second-order valence-corrected chi connectivity index (χ2v) is 12.8. The molecular formula is C39H65FeN5O2. The van der Waals surface area contributed by atoms with Crippen molar-refractivity contribution in [2.45, 2.75) is 134 Å². The predicted molar refractivity (Wildman–Crippen MR) is 201 cm³/mol. The van der Waals surface area contributed by atoms with Crippen molar-refractivity contribution in [2.75, 3.05) is 26.2 Å². The third kappa shape index (κ3) is 19.7. The van der Waals surface area contributed by atoms with Crippen LogP contribution in [0.3, 0.4) is 0 Å². The van der Waals surface area contributed by atoms with Crippen molar-refractivity contribution in [3.8, 4) is 0 Å². The van der Waals surface area contributed by atoms with Crippen LogP contribution in [0.2, 0.25) is 0 Å². The monoisotopic (exact) mass is 691 g/mol. The molecule has 0 unspecified atom stereocenters. The molecule has 0 aliphatic heterocycles. The number of allylic oxidation sites excluding steroid dienone is 2. The number of hydrogen-bond acceptors (Lipinski definition) is 3. The van der Waals surface area contributed by atoms with E-state index >= 15 is 0 Å². The minimum absolute atomic E-state index is 0. The molecule has 7 nitrogen and oxygen atoms in total. The molecule has 0 bridgehead atoms. The molecule has 0 spiro atoms. The summed E-state index contributed by atoms with van der Waals surface area (Å²) in [5.74, 6) is 0. The van der Waals surface area contributed by atoms with Gasteiger partial charge in [-0.3, -0.25) is 4.99 Å². The summed E-state index contributed by atoms with van der Waals surface area (Å²) >= 11 is 0. The van der Waals surface area contributed by atoms with Gasteiger partial charge in [0.15, 0.2) is 0 Å². The molecule has 47 heavy (non-hydrogen) atoms. The quantitative estimate of drug-likeness (QED) is 0.0992. The number of nitroso groups, excluding NO2 is 2. The van der Waals surface area contributed by atoms with Gasteiger partial charge in [-0.2, -0.15) is 5.70 Å². The van der Waals surface area contributed by atoms with Gasteiger partial charge in [0.05, 0.1) is 31.9 Å². The number of rotatable bonds is 16. The molecule has 0 heterocycles. The number of aryl methyl sites for hydroxylation is 6. The van der Waals surface area contributed by atoms with Crippen LogP contribution in [0.4, 0.5) is 11.4 Å². The van der Waals surface area contributed by atoms with E-state index in [0.717, 1.165) is 22.8 Å². The first-order valence-corrected chi connectivity index (χ1v) is 17.2. The summed E-state index contributed by atoms with van der Waals surface area (Å²) in [6.07, 6.45) is 13.1. The van der Waals surface area contributed by atoms with Gasteiger partial charge in [0.1, 0.15) is 11.2 Å². The van der Waals surface area contributed by atoms with E-state index in [9.17, 15) is 0 Å². The second-order valence-electron chi connectivity index (χ2n) is 12.8. The summed E-state index contributed by atoms with van der Waals surface area (Å²) in [6.45, 7) is 31.8. The molecule has 266 valence electrons. The van der Waals surface area contributed by atoms with E-state index in [4.69, 9.17) is 31.3 Å². The predicted octanol–water partition coefficient (Wildman–Crippen LogP) is 11.3. The number of nitrogens with zero attached hydrogens (tertiary/aromatic N) is 5. The average Bonchev–Trinajstić information content (AvgIpc) is 3.02. The summed E-state index contributed by atoms with van der Waals surface area (Å²) in [4.78, 5) is 19.3. The Kier molecular flexibility index (Phi) is 29.4.